The molecule has 6 heteroatoms. The fourth-order valence-electron chi connectivity index (χ4n) is 1.68. The van der Waals surface area contributed by atoms with Gasteiger partial charge in [0.2, 0.25) is 10.0 Å². The van der Waals surface area contributed by atoms with Gasteiger partial charge in [0, 0.05) is 19.6 Å². The van der Waals surface area contributed by atoms with E-state index in [1.54, 1.807) is 6.92 Å². The lowest BCUT2D eigenvalue weighted by Gasteiger charge is -2.16. The Balaban J connectivity index is 2.58. The van der Waals surface area contributed by atoms with Crippen LogP contribution in [0.15, 0.2) is 0 Å². The first kappa shape index (κ1) is 11.9. The maximum atomic E-state index is 11.6. The van der Waals surface area contributed by atoms with Crippen LogP contribution in [0.3, 0.4) is 0 Å². The number of rotatable bonds is 4. The summed E-state index contributed by atoms with van der Waals surface area (Å²) in [5, 5.41) is 9.32. The van der Waals surface area contributed by atoms with Crippen molar-refractivity contribution in [2.24, 2.45) is 11.7 Å². The summed E-state index contributed by atoms with van der Waals surface area (Å²) >= 11 is 0. The quantitative estimate of drug-likeness (QED) is 0.637. The van der Waals surface area contributed by atoms with E-state index in [0.29, 0.717) is 13.1 Å². The molecular weight excluding hydrogens is 204 g/mol. The molecule has 84 valence electrons. The first-order valence-corrected chi connectivity index (χ1v) is 6.44. The summed E-state index contributed by atoms with van der Waals surface area (Å²) in [4.78, 5) is 0. The van der Waals surface area contributed by atoms with Crippen molar-refractivity contribution in [3.8, 4) is 0 Å². The standard InChI is InChI=1S/C8H18N2O3S/c1-7(11)8-2-4-10(6-8)14(12,13)5-3-9/h7-8,11H,2-6,9H2,1H3. The van der Waals surface area contributed by atoms with Gasteiger partial charge in [-0.2, -0.15) is 0 Å². The van der Waals surface area contributed by atoms with Crippen LogP contribution in [0.2, 0.25) is 0 Å². The molecule has 1 heterocycles. The van der Waals surface area contributed by atoms with Crippen LogP contribution in [0.4, 0.5) is 0 Å². The van der Waals surface area contributed by atoms with Crippen LogP contribution in [0, 0.1) is 5.92 Å². The summed E-state index contributed by atoms with van der Waals surface area (Å²) in [7, 11) is -3.18. The zero-order valence-corrected chi connectivity index (χ0v) is 9.20. The number of hydrogen-bond acceptors (Lipinski definition) is 4. The van der Waals surface area contributed by atoms with Crippen molar-refractivity contribution in [1.82, 2.24) is 4.31 Å². The van der Waals surface area contributed by atoms with Crippen LogP contribution in [-0.2, 0) is 10.0 Å². The van der Waals surface area contributed by atoms with Gasteiger partial charge < -0.3 is 10.8 Å². The van der Waals surface area contributed by atoms with Gasteiger partial charge in [-0.1, -0.05) is 0 Å². The molecule has 1 aliphatic rings. The van der Waals surface area contributed by atoms with E-state index in [2.05, 4.69) is 0 Å². The average Bonchev–Trinajstić information content (AvgIpc) is 2.51. The lowest BCUT2D eigenvalue weighted by molar-refractivity contribution is 0.133. The van der Waals surface area contributed by atoms with Crippen molar-refractivity contribution in [3.63, 3.8) is 0 Å². The Morgan fingerprint density at radius 1 is 1.64 bits per heavy atom. The summed E-state index contributed by atoms with van der Waals surface area (Å²) in [6, 6.07) is 0. The van der Waals surface area contributed by atoms with Gasteiger partial charge in [0.15, 0.2) is 0 Å². The molecule has 0 aromatic carbocycles. The fraction of sp³-hybridized carbons (Fsp3) is 1.00. The Hall–Kier alpha value is -0.170. The van der Waals surface area contributed by atoms with Crippen molar-refractivity contribution in [1.29, 1.82) is 0 Å². The van der Waals surface area contributed by atoms with Crippen molar-refractivity contribution >= 4 is 10.0 Å². The maximum Gasteiger partial charge on any atom is 0.215 e. The summed E-state index contributed by atoms with van der Waals surface area (Å²) in [6.45, 7) is 2.79. The van der Waals surface area contributed by atoms with E-state index in [-0.39, 0.29) is 18.2 Å². The molecule has 0 aromatic rings. The smallest absolute Gasteiger partial charge is 0.215 e. The highest BCUT2D eigenvalue weighted by molar-refractivity contribution is 7.89. The van der Waals surface area contributed by atoms with E-state index >= 15 is 0 Å². The molecular formula is C8H18N2O3S. The molecule has 2 unspecified atom stereocenters. The summed E-state index contributed by atoms with van der Waals surface area (Å²) in [6.07, 6.45) is 0.301. The van der Waals surface area contributed by atoms with Gasteiger partial charge in [-0.15, -0.1) is 0 Å². The Kier molecular flexibility index (Phi) is 3.88. The SMILES string of the molecule is CC(O)C1CCN(S(=O)(=O)CCN)C1. The van der Waals surface area contributed by atoms with Gasteiger partial charge >= 0.3 is 0 Å². The molecule has 0 amide bonds. The summed E-state index contributed by atoms with van der Waals surface area (Å²) in [5.41, 5.74) is 5.22. The van der Waals surface area contributed by atoms with Crippen LogP contribution < -0.4 is 5.73 Å². The number of nitrogens with zero attached hydrogens (tertiary/aromatic N) is 1. The molecule has 0 radical (unpaired) electrons. The Bertz CT molecular complexity index is 276. The second-order valence-corrected chi connectivity index (χ2v) is 5.84. The molecule has 1 fully saturated rings. The second-order valence-electron chi connectivity index (χ2n) is 3.75. The minimum absolute atomic E-state index is 0.000467. The zero-order chi connectivity index (χ0) is 10.8. The van der Waals surface area contributed by atoms with Gasteiger partial charge in [-0.3, -0.25) is 0 Å². The molecule has 0 aliphatic carbocycles. The predicted octanol–water partition coefficient (Wildman–Crippen LogP) is -1.02. The largest absolute Gasteiger partial charge is 0.393 e. The van der Waals surface area contributed by atoms with Gasteiger partial charge in [0.05, 0.1) is 11.9 Å². The first-order valence-electron chi connectivity index (χ1n) is 4.83. The third-order valence-corrected chi connectivity index (χ3v) is 4.51. The number of sulfonamides is 1. The van der Waals surface area contributed by atoms with Crippen LogP contribution in [-0.4, -0.2) is 49.3 Å². The average molecular weight is 222 g/mol. The first-order chi connectivity index (χ1) is 6.47. The van der Waals surface area contributed by atoms with E-state index in [1.807, 2.05) is 0 Å². The Morgan fingerprint density at radius 2 is 2.29 bits per heavy atom. The van der Waals surface area contributed by atoms with E-state index in [9.17, 15) is 13.5 Å². The number of nitrogens with two attached hydrogens (primary N) is 1. The predicted molar refractivity (Wildman–Crippen MR) is 54.2 cm³/mol. The number of hydrogen-bond donors (Lipinski definition) is 2. The second kappa shape index (κ2) is 4.57. The Morgan fingerprint density at radius 3 is 2.71 bits per heavy atom. The van der Waals surface area contributed by atoms with Crippen LogP contribution >= 0.6 is 0 Å². The van der Waals surface area contributed by atoms with Gasteiger partial charge in [0.25, 0.3) is 0 Å². The lowest BCUT2D eigenvalue weighted by atomic mass is 10.0. The normalized spacial score (nSPS) is 26.6. The molecule has 1 aliphatic heterocycles. The summed E-state index contributed by atoms with van der Waals surface area (Å²) < 4.78 is 24.6. The molecule has 0 bridgehead atoms. The van der Waals surface area contributed by atoms with E-state index in [4.69, 9.17) is 5.73 Å². The van der Waals surface area contributed by atoms with Gasteiger partial charge in [-0.05, 0) is 19.3 Å². The fourth-order valence-corrected chi connectivity index (χ4v) is 3.04. The molecule has 0 aromatic heterocycles. The molecule has 0 spiro atoms. The monoisotopic (exact) mass is 222 g/mol. The van der Waals surface area contributed by atoms with E-state index < -0.39 is 16.1 Å². The highest BCUT2D eigenvalue weighted by Gasteiger charge is 2.32. The lowest BCUT2D eigenvalue weighted by Crippen LogP contribution is -2.34. The number of aliphatic hydroxyl groups excluding tert-OH is 1. The molecule has 3 N–H and O–H groups in total. The highest BCUT2D eigenvalue weighted by atomic mass is 32.2. The van der Waals surface area contributed by atoms with Crippen LogP contribution in [0.5, 0.6) is 0 Å². The molecule has 1 saturated heterocycles. The molecule has 2 atom stereocenters. The van der Waals surface area contributed by atoms with E-state index in [1.165, 1.54) is 4.31 Å². The molecule has 0 saturated carbocycles. The van der Waals surface area contributed by atoms with Crippen molar-refractivity contribution in [2.45, 2.75) is 19.4 Å². The maximum absolute atomic E-state index is 11.6. The molecule has 5 nitrogen and oxygen atoms in total. The minimum atomic E-state index is -3.18. The van der Waals surface area contributed by atoms with Gasteiger partial charge in [0.1, 0.15) is 0 Å². The Labute approximate surface area is 84.9 Å². The van der Waals surface area contributed by atoms with Crippen molar-refractivity contribution < 1.29 is 13.5 Å². The van der Waals surface area contributed by atoms with Gasteiger partial charge in [-0.25, -0.2) is 12.7 Å². The van der Waals surface area contributed by atoms with E-state index in [0.717, 1.165) is 6.42 Å². The zero-order valence-electron chi connectivity index (χ0n) is 8.39. The van der Waals surface area contributed by atoms with Crippen molar-refractivity contribution in [3.05, 3.63) is 0 Å². The minimum Gasteiger partial charge on any atom is -0.393 e. The third kappa shape index (κ3) is 2.66. The molecule has 1 rings (SSSR count). The summed E-state index contributed by atoms with van der Waals surface area (Å²) in [5.74, 6) is 0.0713. The topological polar surface area (TPSA) is 83.6 Å². The van der Waals surface area contributed by atoms with Crippen LogP contribution in [0.25, 0.3) is 0 Å². The highest BCUT2D eigenvalue weighted by Crippen LogP contribution is 2.22. The third-order valence-electron chi connectivity index (χ3n) is 2.64. The molecule has 14 heavy (non-hydrogen) atoms. The van der Waals surface area contributed by atoms with Crippen LogP contribution in [0.1, 0.15) is 13.3 Å². The number of aliphatic hydroxyl groups is 1. The van der Waals surface area contributed by atoms with Crippen molar-refractivity contribution in [2.75, 3.05) is 25.4 Å².